The first-order valence-corrected chi connectivity index (χ1v) is 4.71. The van der Waals surface area contributed by atoms with Crippen LogP contribution >= 0.6 is 11.8 Å². The van der Waals surface area contributed by atoms with Crippen LogP contribution in [-0.4, -0.2) is 28.8 Å². The molecule has 0 saturated heterocycles. The molecule has 2 nitrogen and oxygen atoms in total. The van der Waals surface area contributed by atoms with E-state index in [0.29, 0.717) is 5.25 Å². The van der Waals surface area contributed by atoms with Crippen molar-refractivity contribution in [2.75, 3.05) is 12.3 Å². The van der Waals surface area contributed by atoms with Crippen molar-refractivity contribution >= 4 is 11.8 Å². The van der Waals surface area contributed by atoms with E-state index in [9.17, 15) is 0 Å². The minimum atomic E-state index is -0.190. The first-order chi connectivity index (χ1) is 4.66. The largest absolute Gasteiger partial charge is 0.393 e. The van der Waals surface area contributed by atoms with E-state index < -0.39 is 0 Å². The van der Waals surface area contributed by atoms with Gasteiger partial charge in [-0.15, -0.1) is 0 Å². The Morgan fingerprint density at radius 3 is 2.50 bits per heavy atom. The number of nitrogens with two attached hydrogens (primary N) is 1. The minimum Gasteiger partial charge on any atom is -0.393 e. The zero-order chi connectivity index (χ0) is 7.98. The number of aliphatic hydroxyl groups is 1. The van der Waals surface area contributed by atoms with Crippen LogP contribution < -0.4 is 5.73 Å². The Bertz CT molecular complexity index is 78.0. The molecule has 0 aromatic heterocycles. The molecule has 0 rings (SSSR count). The summed E-state index contributed by atoms with van der Waals surface area (Å²) in [7, 11) is 0. The van der Waals surface area contributed by atoms with Gasteiger partial charge in [-0.2, -0.15) is 11.8 Å². The molecule has 0 bridgehead atoms. The highest BCUT2D eigenvalue weighted by Crippen LogP contribution is 2.13. The Morgan fingerprint density at radius 1 is 1.50 bits per heavy atom. The maximum absolute atomic E-state index is 8.92. The third-order valence-electron chi connectivity index (χ3n) is 1.20. The summed E-state index contributed by atoms with van der Waals surface area (Å²) in [6.07, 6.45) is 0.849. The summed E-state index contributed by atoms with van der Waals surface area (Å²) in [5, 5.41) is 9.50. The molecular weight excluding hydrogens is 146 g/mol. The van der Waals surface area contributed by atoms with Gasteiger partial charge in [0, 0.05) is 11.0 Å². The minimum absolute atomic E-state index is 0.190. The SMILES string of the molecule is CC(O)CSC(C)CCN. The second kappa shape index (κ2) is 6.01. The fraction of sp³-hybridized carbons (Fsp3) is 1.00. The highest BCUT2D eigenvalue weighted by molar-refractivity contribution is 7.99. The van der Waals surface area contributed by atoms with Crippen LogP contribution in [0, 0.1) is 0 Å². The molecule has 3 N–H and O–H groups in total. The predicted molar refractivity (Wildman–Crippen MR) is 47.3 cm³/mol. The van der Waals surface area contributed by atoms with Gasteiger partial charge in [0.15, 0.2) is 0 Å². The molecule has 0 aromatic rings. The number of aliphatic hydroxyl groups excluding tert-OH is 1. The van der Waals surface area contributed by atoms with E-state index in [4.69, 9.17) is 10.8 Å². The normalized spacial score (nSPS) is 16.8. The van der Waals surface area contributed by atoms with Crippen molar-refractivity contribution < 1.29 is 5.11 Å². The molecule has 0 aromatic carbocycles. The molecule has 2 atom stereocenters. The molecule has 3 heteroatoms. The van der Waals surface area contributed by atoms with Gasteiger partial charge in [0.1, 0.15) is 0 Å². The van der Waals surface area contributed by atoms with Gasteiger partial charge >= 0.3 is 0 Å². The average molecular weight is 163 g/mol. The zero-order valence-electron chi connectivity index (χ0n) is 6.71. The van der Waals surface area contributed by atoms with Crippen molar-refractivity contribution in [3.8, 4) is 0 Å². The van der Waals surface area contributed by atoms with E-state index in [2.05, 4.69) is 6.92 Å². The van der Waals surface area contributed by atoms with Gasteiger partial charge in [0.2, 0.25) is 0 Å². The molecule has 0 amide bonds. The van der Waals surface area contributed by atoms with Gasteiger partial charge in [-0.1, -0.05) is 6.92 Å². The molecular formula is C7H17NOS. The molecule has 62 valence electrons. The predicted octanol–water partition coefficient (Wildman–Crippen LogP) is 0.838. The van der Waals surface area contributed by atoms with E-state index in [0.717, 1.165) is 18.7 Å². The monoisotopic (exact) mass is 163 g/mol. The van der Waals surface area contributed by atoms with Crippen LogP contribution in [0.4, 0.5) is 0 Å². The van der Waals surface area contributed by atoms with Gasteiger partial charge in [-0.05, 0) is 19.9 Å². The molecule has 0 fully saturated rings. The Balaban J connectivity index is 3.12. The molecule has 2 unspecified atom stereocenters. The Morgan fingerprint density at radius 2 is 2.10 bits per heavy atom. The standard InChI is InChI=1S/C7H17NOS/c1-6(9)5-10-7(2)3-4-8/h6-7,9H,3-5,8H2,1-2H3. The van der Waals surface area contributed by atoms with E-state index in [1.165, 1.54) is 0 Å². The summed E-state index contributed by atoms with van der Waals surface area (Å²) in [5.41, 5.74) is 5.36. The molecule has 10 heavy (non-hydrogen) atoms. The zero-order valence-corrected chi connectivity index (χ0v) is 7.53. The van der Waals surface area contributed by atoms with Gasteiger partial charge in [0.05, 0.1) is 6.10 Å². The summed E-state index contributed by atoms with van der Waals surface area (Å²) in [6.45, 7) is 4.69. The van der Waals surface area contributed by atoms with E-state index >= 15 is 0 Å². The fourth-order valence-corrected chi connectivity index (χ4v) is 1.53. The van der Waals surface area contributed by atoms with E-state index in [1.54, 1.807) is 11.8 Å². The smallest absolute Gasteiger partial charge is 0.0602 e. The van der Waals surface area contributed by atoms with Crippen molar-refractivity contribution in [3.05, 3.63) is 0 Å². The first kappa shape index (κ1) is 10.3. The quantitative estimate of drug-likeness (QED) is 0.631. The Labute approximate surface area is 67.2 Å². The lowest BCUT2D eigenvalue weighted by atomic mass is 10.3. The summed E-state index contributed by atoms with van der Waals surface area (Å²) in [4.78, 5) is 0. The lowest BCUT2D eigenvalue weighted by molar-refractivity contribution is 0.220. The van der Waals surface area contributed by atoms with Crippen LogP contribution in [0.15, 0.2) is 0 Å². The van der Waals surface area contributed by atoms with Gasteiger partial charge in [0.25, 0.3) is 0 Å². The van der Waals surface area contributed by atoms with Crippen molar-refractivity contribution in [1.82, 2.24) is 0 Å². The molecule has 0 heterocycles. The van der Waals surface area contributed by atoms with Crippen molar-refractivity contribution in [1.29, 1.82) is 0 Å². The first-order valence-electron chi connectivity index (χ1n) is 3.66. The molecule has 0 saturated carbocycles. The van der Waals surface area contributed by atoms with Crippen LogP contribution in [0.3, 0.4) is 0 Å². The highest BCUT2D eigenvalue weighted by Gasteiger charge is 2.02. The average Bonchev–Trinajstić information content (AvgIpc) is 1.85. The van der Waals surface area contributed by atoms with Gasteiger partial charge in [-0.25, -0.2) is 0 Å². The van der Waals surface area contributed by atoms with Crippen molar-refractivity contribution in [3.63, 3.8) is 0 Å². The lowest BCUT2D eigenvalue weighted by Crippen LogP contribution is -2.11. The molecule has 0 spiro atoms. The topological polar surface area (TPSA) is 46.2 Å². The summed E-state index contributed by atoms with van der Waals surface area (Å²) < 4.78 is 0. The summed E-state index contributed by atoms with van der Waals surface area (Å²) in [5.74, 6) is 0.821. The molecule has 0 aliphatic rings. The number of hydrogen-bond acceptors (Lipinski definition) is 3. The van der Waals surface area contributed by atoms with Crippen LogP contribution in [0.2, 0.25) is 0 Å². The maximum Gasteiger partial charge on any atom is 0.0602 e. The summed E-state index contributed by atoms with van der Waals surface area (Å²) in [6, 6.07) is 0. The molecule has 0 aliphatic carbocycles. The highest BCUT2D eigenvalue weighted by atomic mass is 32.2. The lowest BCUT2D eigenvalue weighted by Gasteiger charge is -2.10. The van der Waals surface area contributed by atoms with Gasteiger partial charge < -0.3 is 10.8 Å². The van der Waals surface area contributed by atoms with Crippen molar-refractivity contribution in [2.24, 2.45) is 5.73 Å². The summed E-state index contributed by atoms with van der Waals surface area (Å²) >= 11 is 1.78. The number of hydrogen-bond donors (Lipinski definition) is 2. The van der Waals surface area contributed by atoms with Gasteiger partial charge in [-0.3, -0.25) is 0 Å². The molecule has 0 radical (unpaired) electrons. The third-order valence-corrected chi connectivity index (χ3v) is 2.67. The second-order valence-electron chi connectivity index (χ2n) is 2.57. The maximum atomic E-state index is 8.92. The van der Waals surface area contributed by atoms with Crippen LogP contribution in [-0.2, 0) is 0 Å². The molecule has 0 aliphatic heterocycles. The Hall–Kier alpha value is 0.270. The number of thioether (sulfide) groups is 1. The van der Waals surface area contributed by atoms with Crippen LogP contribution in [0.25, 0.3) is 0 Å². The van der Waals surface area contributed by atoms with Crippen LogP contribution in [0.5, 0.6) is 0 Å². The third kappa shape index (κ3) is 6.39. The Kier molecular flexibility index (Phi) is 6.17. The fourth-order valence-electron chi connectivity index (χ4n) is 0.622. The van der Waals surface area contributed by atoms with Crippen molar-refractivity contribution in [2.45, 2.75) is 31.6 Å². The number of rotatable bonds is 5. The second-order valence-corrected chi connectivity index (χ2v) is 4.04. The van der Waals surface area contributed by atoms with E-state index in [-0.39, 0.29) is 6.10 Å². The van der Waals surface area contributed by atoms with Crippen LogP contribution in [0.1, 0.15) is 20.3 Å². The van der Waals surface area contributed by atoms with E-state index in [1.807, 2.05) is 6.92 Å².